The maximum absolute atomic E-state index is 12.5. The van der Waals surface area contributed by atoms with E-state index in [9.17, 15) is 4.79 Å². The highest BCUT2D eigenvalue weighted by atomic mass is 32.1. The molecule has 0 saturated carbocycles. The van der Waals surface area contributed by atoms with Crippen molar-refractivity contribution in [2.45, 2.75) is 0 Å². The predicted molar refractivity (Wildman–Crippen MR) is 104 cm³/mol. The van der Waals surface area contributed by atoms with Crippen LogP contribution in [-0.4, -0.2) is 49.0 Å². The van der Waals surface area contributed by atoms with Gasteiger partial charge >= 0.3 is 0 Å². The third-order valence-electron chi connectivity index (χ3n) is 4.51. The van der Waals surface area contributed by atoms with Gasteiger partial charge in [0, 0.05) is 37.4 Å². The summed E-state index contributed by atoms with van der Waals surface area (Å²) < 4.78 is 1.07. The van der Waals surface area contributed by atoms with Gasteiger partial charge in [-0.05, 0) is 43.4 Å². The van der Waals surface area contributed by atoms with E-state index in [0.29, 0.717) is 10.7 Å². The van der Waals surface area contributed by atoms with Crippen molar-refractivity contribution >= 4 is 38.3 Å². The van der Waals surface area contributed by atoms with Crippen LogP contribution in [0.5, 0.6) is 0 Å². The molecule has 0 radical (unpaired) electrons. The van der Waals surface area contributed by atoms with Crippen molar-refractivity contribution in [1.29, 1.82) is 0 Å². The molecule has 0 aliphatic carbocycles. The lowest BCUT2D eigenvalue weighted by atomic mass is 10.1. The van der Waals surface area contributed by atoms with E-state index in [1.54, 1.807) is 0 Å². The van der Waals surface area contributed by atoms with Crippen LogP contribution in [0.4, 0.5) is 10.8 Å². The number of likely N-dealkylation sites (N-methyl/N-ethyl adjacent to an activating group) is 1. The number of rotatable bonds is 3. The van der Waals surface area contributed by atoms with Crippen LogP contribution in [0.2, 0.25) is 0 Å². The van der Waals surface area contributed by atoms with Crippen molar-refractivity contribution in [2.24, 2.45) is 0 Å². The fourth-order valence-corrected chi connectivity index (χ4v) is 3.84. The molecule has 1 N–H and O–H groups in total. The van der Waals surface area contributed by atoms with Crippen LogP contribution in [0.15, 0.2) is 48.5 Å². The molecule has 4 rings (SSSR count). The summed E-state index contributed by atoms with van der Waals surface area (Å²) >= 11 is 1.49. The monoisotopic (exact) mass is 352 g/mol. The number of aromatic nitrogens is 1. The molecule has 1 fully saturated rings. The molecule has 1 aliphatic rings. The van der Waals surface area contributed by atoms with E-state index < -0.39 is 0 Å². The van der Waals surface area contributed by atoms with Gasteiger partial charge in [-0.1, -0.05) is 23.5 Å². The number of thiazole rings is 1. The molecule has 1 aliphatic heterocycles. The average molecular weight is 352 g/mol. The summed E-state index contributed by atoms with van der Waals surface area (Å²) in [6.45, 7) is 4.18. The molecule has 1 aromatic heterocycles. The van der Waals surface area contributed by atoms with Gasteiger partial charge in [0.2, 0.25) is 0 Å². The number of amides is 1. The minimum absolute atomic E-state index is 0.121. The SMILES string of the molecule is CN1CCN(c2ccc(C(=O)Nc3nc4ccccc4s3)cc2)CC1. The number of hydrogen-bond acceptors (Lipinski definition) is 5. The highest BCUT2D eigenvalue weighted by Crippen LogP contribution is 2.26. The van der Waals surface area contributed by atoms with Gasteiger partial charge in [0.25, 0.3) is 5.91 Å². The van der Waals surface area contributed by atoms with E-state index in [1.165, 1.54) is 17.0 Å². The fraction of sp³-hybridized carbons (Fsp3) is 0.263. The molecule has 2 aromatic carbocycles. The molecule has 1 saturated heterocycles. The zero-order valence-corrected chi connectivity index (χ0v) is 14.9. The van der Waals surface area contributed by atoms with Gasteiger partial charge in [0.05, 0.1) is 10.2 Å². The van der Waals surface area contributed by atoms with Gasteiger partial charge in [0.1, 0.15) is 0 Å². The van der Waals surface area contributed by atoms with Crippen molar-refractivity contribution in [2.75, 3.05) is 43.4 Å². The first-order valence-corrected chi connectivity index (χ1v) is 9.21. The molecule has 25 heavy (non-hydrogen) atoms. The number of carbonyl (C=O) groups is 1. The van der Waals surface area contributed by atoms with E-state index in [-0.39, 0.29) is 5.91 Å². The smallest absolute Gasteiger partial charge is 0.257 e. The zero-order valence-electron chi connectivity index (χ0n) is 14.1. The van der Waals surface area contributed by atoms with Crippen LogP contribution in [0, 0.1) is 0 Å². The number of hydrogen-bond donors (Lipinski definition) is 1. The van der Waals surface area contributed by atoms with Gasteiger partial charge in [0.15, 0.2) is 5.13 Å². The Bertz CT molecular complexity index is 849. The van der Waals surface area contributed by atoms with Crippen molar-refractivity contribution in [3.63, 3.8) is 0 Å². The zero-order chi connectivity index (χ0) is 17.2. The summed E-state index contributed by atoms with van der Waals surface area (Å²) in [7, 11) is 2.15. The van der Waals surface area contributed by atoms with Crippen molar-refractivity contribution in [3.8, 4) is 0 Å². The molecule has 2 heterocycles. The molecule has 0 bridgehead atoms. The normalized spacial score (nSPS) is 15.5. The number of piperazine rings is 1. The van der Waals surface area contributed by atoms with Crippen molar-refractivity contribution < 1.29 is 4.79 Å². The second-order valence-corrected chi connectivity index (χ2v) is 7.31. The quantitative estimate of drug-likeness (QED) is 0.786. The average Bonchev–Trinajstić information content (AvgIpc) is 3.05. The molecule has 5 nitrogen and oxygen atoms in total. The van der Waals surface area contributed by atoms with Crippen molar-refractivity contribution in [3.05, 3.63) is 54.1 Å². The highest BCUT2D eigenvalue weighted by molar-refractivity contribution is 7.22. The third kappa shape index (κ3) is 3.50. The first-order valence-electron chi connectivity index (χ1n) is 8.39. The molecule has 0 spiro atoms. The standard InChI is InChI=1S/C19H20N4OS/c1-22-10-12-23(13-11-22)15-8-6-14(7-9-15)18(24)21-19-20-16-4-2-3-5-17(16)25-19/h2-9H,10-13H2,1H3,(H,20,21,24). The number of anilines is 2. The first-order chi connectivity index (χ1) is 12.2. The second kappa shape index (κ2) is 6.82. The van der Waals surface area contributed by atoms with Crippen LogP contribution in [-0.2, 0) is 0 Å². The number of nitrogens with one attached hydrogen (secondary N) is 1. The second-order valence-electron chi connectivity index (χ2n) is 6.28. The minimum atomic E-state index is -0.121. The first kappa shape index (κ1) is 16.1. The summed E-state index contributed by atoms with van der Waals surface area (Å²) in [5, 5.41) is 3.53. The Morgan fingerprint density at radius 3 is 2.48 bits per heavy atom. The number of fused-ring (bicyclic) bond motifs is 1. The van der Waals surface area contributed by atoms with Crippen LogP contribution in [0.25, 0.3) is 10.2 Å². The number of para-hydroxylation sites is 1. The Morgan fingerprint density at radius 2 is 1.76 bits per heavy atom. The fourth-order valence-electron chi connectivity index (χ4n) is 2.98. The highest BCUT2D eigenvalue weighted by Gasteiger charge is 2.15. The predicted octanol–water partition coefficient (Wildman–Crippen LogP) is 3.30. The van der Waals surface area contributed by atoms with E-state index in [2.05, 4.69) is 27.1 Å². The van der Waals surface area contributed by atoms with Crippen LogP contribution < -0.4 is 10.2 Å². The lowest BCUT2D eigenvalue weighted by Gasteiger charge is -2.34. The summed E-state index contributed by atoms with van der Waals surface area (Å²) in [6, 6.07) is 15.7. The van der Waals surface area contributed by atoms with E-state index in [1.807, 2.05) is 48.5 Å². The molecule has 0 unspecified atom stereocenters. The molecular weight excluding hydrogens is 332 g/mol. The van der Waals surface area contributed by atoms with Gasteiger partial charge < -0.3 is 9.80 Å². The maximum Gasteiger partial charge on any atom is 0.257 e. The van der Waals surface area contributed by atoms with Crippen molar-refractivity contribution in [1.82, 2.24) is 9.88 Å². The van der Waals surface area contributed by atoms with E-state index in [4.69, 9.17) is 0 Å². The Hall–Kier alpha value is -2.44. The number of benzene rings is 2. The topological polar surface area (TPSA) is 48.5 Å². The summed E-state index contributed by atoms with van der Waals surface area (Å²) in [5.74, 6) is -0.121. The number of carbonyl (C=O) groups excluding carboxylic acids is 1. The Balaban J connectivity index is 1.45. The molecule has 0 atom stereocenters. The number of nitrogens with zero attached hydrogens (tertiary/aromatic N) is 3. The Morgan fingerprint density at radius 1 is 1.04 bits per heavy atom. The van der Waals surface area contributed by atoms with E-state index >= 15 is 0 Å². The van der Waals surface area contributed by atoms with E-state index in [0.717, 1.165) is 36.4 Å². The van der Waals surface area contributed by atoms with Crippen LogP contribution >= 0.6 is 11.3 Å². The largest absolute Gasteiger partial charge is 0.369 e. The molecule has 3 aromatic rings. The van der Waals surface area contributed by atoms with Gasteiger partial charge in [-0.25, -0.2) is 4.98 Å². The van der Waals surface area contributed by atoms with Gasteiger partial charge in [-0.3, -0.25) is 10.1 Å². The maximum atomic E-state index is 12.5. The summed E-state index contributed by atoms with van der Waals surface area (Å²) in [5.41, 5.74) is 2.73. The molecular formula is C19H20N4OS. The minimum Gasteiger partial charge on any atom is -0.369 e. The lowest BCUT2D eigenvalue weighted by Crippen LogP contribution is -2.44. The third-order valence-corrected chi connectivity index (χ3v) is 5.46. The van der Waals surface area contributed by atoms with Gasteiger partial charge in [-0.15, -0.1) is 0 Å². The summed E-state index contributed by atoms with van der Waals surface area (Å²) in [4.78, 5) is 21.6. The molecule has 6 heteroatoms. The summed E-state index contributed by atoms with van der Waals surface area (Å²) in [6.07, 6.45) is 0. The van der Waals surface area contributed by atoms with Gasteiger partial charge in [-0.2, -0.15) is 0 Å². The Labute approximate surface area is 150 Å². The Kier molecular flexibility index (Phi) is 4.38. The lowest BCUT2D eigenvalue weighted by molar-refractivity contribution is 0.102. The molecule has 128 valence electrons. The van der Waals surface area contributed by atoms with Crippen LogP contribution in [0.1, 0.15) is 10.4 Å². The van der Waals surface area contributed by atoms with Crippen LogP contribution in [0.3, 0.4) is 0 Å². The molecule has 1 amide bonds.